The molecule has 4 nitrogen and oxygen atoms in total. The summed E-state index contributed by atoms with van der Waals surface area (Å²) < 4.78 is 0.963. The van der Waals surface area contributed by atoms with E-state index in [-0.39, 0.29) is 5.91 Å². The molecular weight excluding hydrogens is 282 g/mol. The summed E-state index contributed by atoms with van der Waals surface area (Å²) >= 11 is 1.42. The van der Waals surface area contributed by atoms with E-state index in [9.17, 15) is 4.79 Å². The van der Waals surface area contributed by atoms with Crippen LogP contribution in [0.4, 0.5) is 5.13 Å². The molecule has 5 heteroatoms. The van der Waals surface area contributed by atoms with Crippen LogP contribution in [0.25, 0.3) is 10.2 Å². The van der Waals surface area contributed by atoms with Gasteiger partial charge in [0.15, 0.2) is 5.13 Å². The fourth-order valence-corrected chi connectivity index (χ4v) is 4.19. The molecule has 1 aromatic carbocycles. The lowest BCUT2D eigenvalue weighted by Crippen LogP contribution is -2.40. The number of carbonyl (C=O) groups is 1. The summed E-state index contributed by atoms with van der Waals surface area (Å²) in [5, 5.41) is 3.72. The van der Waals surface area contributed by atoms with E-state index in [2.05, 4.69) is 24.1 Å². The van der Waals surface area contributed by atoms with Crippen LogP contribution in [0.3, 0.4) is 0 Å². The van der Waals surface area contributed by atoms with Crippen LogP contribution in [0.2, 0.25) is 0 Å². The Balaban J connectivity index is 1.74. The number of anilines is 1. The number of hydrogen-bond acceptors (Lipinski definition) is 4. The molecule has 0 saturated heterocycles. The SMILES string of the molecule is CC1CC(C)CC(NC(=O)c2ccc3nc(N)sc3c2)C1. The van der Waals surface area contributed by atoms with Gasteiger partial charge in [-0.15, -0.1) is 0 Å². The van der Waals surface area contributed by atoms with Crippen molar-refractivity contribution in [3.63, 3.8) is 0 Å². The fourth-order valence-electron chi connectivity index (χ4n) is 3.42. The second-order valence-corrected chi connectivity index (χ2v) is 7.38. The summed E-state index contributed by atoms with van der Waals surface area (Å²) in [6.07, 6.45) is 3.41. The molecule has 0 aliphatic heterocycles. The zero-order valence-electron chi connectivity index (χ0n) is 12.4. The molecular formula is C16H21N3OS. The molecule has 1 fully saturated rings. The monoisotopic (exact) mass is 303 g/mol. The number of hydrogen-bond donors (Lipinski definition) is 2. The third kappa shape index (κ3) is 3.18. The first kappa shape index (κ1) is 14.3. The first-order valence-corrected chi connectivity index (χ1v) is 8.30. The number of thiazole rings is 1. The lowest BCUT2D eigenvalue weighted by atomic mass is 9.80. The van der Waals surface area contributed by atoms with E-state index in [0.29, 0.717) is 28.6 Å². The molecule has 1 heterocycles. The van der Waals surface area contributed by atoms with Gasteiger partial charge in [-0.1, -0.05) is 25.2 Å². The van der Waals surface area contributed by atoms with Crippen molar-refractivity contribution in [1.82, 2.24) is 10.3 Å². The third-order valence-corrected chi connectivity index (χ3v) is 5.03. The molecule has 1 amide bonds. The van der Waals surface area contributed by atoms with Gasteiger partial charge in [-0.25, -0.2) is 4.98 Å². The van der Waals surface area contributed by atoms with Gasteiger partial charge in [-0.3, -0.25) is 4.79 Å². The van der Waals surface area contributed by atoms with E-state index >= 15 is 0 Å². The minimum absolute atomic E-state index is 0.00942. The largest absolute Gasteiger partial charge is 0.375 e. The van der Waals surface area contributed by atoms with Gasteiger partial charge >= 0.3 is 0 Å². The van der Waals surface area contributed by atoms with E-state index in [1.807, 2.05) is 18.2 Å². The summed E-state index contributed by atoms with van der Waals surface area (Å²) in [4.78, 5) is 16.6. The Labute approximate surface area is 128 Å². The van der Waals surface area contributed by atoms with Gasteiger partial charge < -0.3 is 11.1 Å². The summed E-state index contributed by atoms with van der Waals surface area (Å²) in [6.45, 7) is 4.53. The van der Waals surface area contributed by atoms with Crippen LogP contribution in [0.5, 0.6) is 0 Å². The molecule has 3 rings (SSSR count). The van der Waals surface area contributed by atoms with E-state index < -0.39 is 0 Å². The Morgan fingerprint density at radius 3 is 2.71 bits per heavy atom. The van der Waals surface area contributed by atoms with E-state index in [1.165, 1.54) is 17.8 Å². The van der Waals surface area contributed by atoms with Gasteiger partial charge in [0.05, 0.1) is 10.2 Å². The molecule has 2 aromatic rings. The van der Waals surface area contributed by atoms with Crippen molar-refractivity contribution in [2.45, 2.75) is 39.2 Å². The average molecular weight is 303 g/mol. The van der Waals surface area contributed by atoms with Gasteiger partial charge in [0.2, 0.25) is 0 Å². The Kier molecular flexibility index (Phi) is 3.85. The standard InChI is InChI=1S/C16H21N3OS/c1-9-5-10(2)7-12(6-9)18-15(20)11-3-4-13-14(8-11)21-16(17)19-13/h3-4,8-10,12H,5-7H2,1-2H3,(H2,17,19)(H,18,20). The second-order valence-electron chi connectivity index (χ2n) is 6.32. The molecule has 3 N–H and O–H groups in total. The molecule has 2 atom stereocenters. The number of fused-ring (bicyclic) bond motifs is 1. The van der Waals surface area contributed by atoms with Crippen molar-refractivity contribution in [2.24, 2.45) is 11.8 Å². The molecule has 0 radical (unpaired) electrons. The lowest BCUT2D eigenvalue weighted by Gasteiger charge is -2.31. The fraction of sp³-hybridized carbons (Fsp3) is 0.500. The van der Waals surface area contributed by atoms with Crippen molar-refractivity contribution in [1.29, 1.82) is 0 Å². The number of nitrogen functional groups attached to an aromatic ring is 1. The maximum Gasteiger partial charge on any atom is 0.251 e. The first-order valence-electron chi connectivity index (χ1n) is 7.48. The smallest absolute Gasteiger partial charge is 0.251 e. The van der Waals surface area contributed by atoms with Crippen molar-refractivity contribution in [2.75, 3.05) is 5.73 Å². The van der Waals surface area contributed by atoms with E-state index in [4.69, 9.17) is 5.73 Å². The number of aromatic nitrogens is 1. The van der Waals surface area contributed by atoms with Crippen molar-refractivity contribution in [3.05, 3.63) is 23.8 Å². The zero-order valence-corrected chi connectivity index (χ0v) is 13.2. The number of benzene rings is 1. The maximum absolute atomic E-state index is 12.4. The number of nitrogens with zero attached hydrogens (tertiary/aromatic N) is 1. The van der Waals surface area contributed by atoms with Gasteiger partial charge in [0.25, 0.3) is 5.91 Å². The Morgan fingerprint density at radius 2 is 2.00 bits per heavy atom. The van der Waals surface area contributed by atoms with Crippen LogP contribution in [-0.2, 0) is 0 Å². The Bertz CT molecular complexity index is 657. The van der Waals surface area contributed by atoms with Gasteiger partial charge in [-0.2, -0.15) is 0 Å². The maximum atomic E-state index is 12.4. The van der Waals surface area contributed by atoms with Gasteiger partial charge in [0.1, 0.15) is 0 Å². The molecule has 2 unspecified atom stereocenters. The molecule has 1 saturated carbocycles. The minimum Gasteiger partial charge on any atom is -0.375 e. The van der Waals surface area contributed by atoms with E-state index in [1.54, 1.807) is 0 Å². The molecule has 1 aromatic heterocycles. The van der Waals surface area contributed by atoms with Crippen molar-refractivity contribution < 1.29 is 4.79 Å². The molecule has 21 heavy (non-hydrogen) atoms. The molecule has 1 aliphatic carbocycles. The molecule has 0 spiro atoms. The normalized spacial score (nSPS) is 25.9. The zero-order chi connectivity index (χ0) is 15.0. The number of rotatable bonds is 2. The van der Waals surface area contributed by atoms with Crippen LogP contribution >= 0.6 is 11.3 Å². The predicted molar refractivity (Wildman–Crippen MR) is 87.5 cm³/mol. The molecule has 1 aliphatic rings. The average Bonchev–Trinajstić information content (AvgIpc) is 2.76. The quantitative estimate of drug-likeness (QED) is 0.893. The Morgan fingerprint density at radius 1 is 1.29 bits per heavy atom. The highest BCUT2D eigenvalue weighted by Gasteiger charge is 2.25. The van der Waals surface area contributed by atoms with Crippen LogP contribution in [0.1, 0.15) is 43.5 Å². The van der Waals surface area contributed by atoms with Crippen LogP contribution < -0.4 is 11.1 Å². The Hall–Kier alpha value is -1.62. The third-order valence-electron chi connectivity index (χ3n) is 4.18. The topological polar surface area (TPSA) is 68.0 Å². The number of nitrogens with two attached hydrogens (primary N) is 1. The summed E-state index contributed by atoms with van der Waals surface area (Å²) in [6, 6.07) is 5.86. The minimum atomic E-state index is 0.00942. The van der Waals surface area contributed by atoms with Crippen LogP contribution in [0, 0.1) is 11.8 Å². The lowest BCUT2D eigenvalue weighted by molar-refractivity contribution is 0.0911. The number of carbonyl (C=O) groups excluding carboxylic acids is 1. The first-order chi connectivity index (χ1) is 10.0. The van der Waals surface area contributed by atoms with Crippen molar-refractivity contribution >= 4 is 32.6 Å². The van der Waals surface area contributed by atoms with Gasteiger partial charge in [0, 0.05) is 11.6 Å². The predicted octanol–water partition coefficient (Wildman–Crippen LogP) is 3.43. The number of nitrogens with one attached hydrogen (secondary N) is 1. The highest BCUT2D eigenvalue weighted by atomic mass is 32.1. The van der Waals surface area contributed by atoms with Crippen LogP contribution in [0.15, 0.2) is 18.2 Å². The second kappa shape index (κ2) is 5.64. The van der Waals surface area contributed by atoms with Gasteiger partial charge in [-0.05, 0) is 49.3 Å². The number of amides is 1. The van der Waals surface area contributed by atoms with E-state index in [0.717, 1.165) is 23.1 Å². The summed E-state index contributed by atoms with van der Waals surface area (Å²) in [5.74, 6) is 1.38. The summed E-state index contributed by atoms with van der Waals surface area (Å²) in [5.41, 5.74) is 7.25. The van der Waals surface area contributed by atoms with Crippen molar-refractivity contribution in [3.8, 4) is 0 Å². The molecule has 112 valence electrons. The molecule has 0 bridgehead atoms. The van der Waals surface area contributed by atoms with Crippen LogP contribution in [-0.4, -0.2) is 16.9 Å². The highest BCUT2D eigenvalue weighted by molar-refractivity contribution is 7.22. The summed E-state index contributed by atoms with van der Waals surface area (Å²) in [7, 11) is 0. The highest BCUT2D eigenvalue weighted by Crippen LogP contribution is 2.29.